The first-order valence-electron chi connectivity index (χ1n) is 12.2. The van der Waals surface area contributed by atoms with Crippen molar-refractivity contribution in [3.63, 3.8) is 0 Å². The normalized spacial score (nSPS) is 10.8. The Balaban J connectivity index is 1.52. The number of methoxy groups -OCH3 is 1. The van der Waals surface area contributed by atoms with Gasteiger partial charge < -0.3 is 20.1 Å². The summed E-state index contributed by atoms with van der Waals surface area (Å²) in [7, 11) is -2.72. The van der Waals surface area contributed by atoms with Gasteiger partial charge >= 0.3 is 5.97 Å². The van der Waals surface area contributed by atoms with Crippen molar-refractivity contribution in [2.45, 2.75) is 18.2 Å². The number of hydrogen-bond donors (Lipinski definition) is 3. The van der Waals surface area contributed by atoms with Crippen molar-refractivity contribution in [3.8, 4) is 5.75 Å². The second-order valence-corrected chi connectivity index (χ2v) is 10.5. The largest absolute Gasteiger partial charge is 0.497 e. The van der Waals surface area contributed by atoms with Crippen LogP contribution in [0.5, 0.6) is 5.75 Å². The van der Waals surface area contributed by atoms with Gasteiger partial charge in [0.2, 0.25) is 0 Å². The number of esters is 1. The Morgan fingerprint density at radius 2 is 1.61 bits per heavy atom. The van der Waals surface area contributed by atoms with Gasteiger partial charge in [0.05, 0.1) is 34.7 Å². The topological polar surface area (TPSA) is 170 Å². The van der Waals surface area contributed by atoms with E-state index in [1.807, 2.05) is 4.72 Å². The highest BCUT2D eigenvalue weighted by atomic mass is 35.5. The van der Waals surface area contributed by atoms with E-state index in [0.717, 1.165) is 11.8 Å². The van der Waals surface area contributed by atoms with Gasteiger partial charge in [0.15, 0.2) is 0 Å². The average molecular weight is 603 g/mol. The molecule has 1 aromatic heterocycles. The maximum atomic E-state index is 12.7. The van der Waals surface area contributed by atoms with Gasteiger partial charge in [0.1, 0.15) is 18.1 Å². The lowest BCUT2D eigenvalue weighted by Gasteiger charge is -2.10. The van der Waals surface area contributed by atoms with Crippen LogP contribution in [0, 0.1) is 0 Å². The third-order valence-corrected chi connectivity index (χ3v) is 7.21. The molecule has 41 heavy (non-hydrogen) atoms. The van der Waals surface area contributed by atoms with Crippen LogP contribution in [0.2, 0.25) is 5.02 Å². The Bertz CT molecular complexity index is 1530. The Hall–Kier alpha value is -4.49. The number of sulfonamides is 1. The fourth-order valence-electron chi connectivity index (χ4n) is 3.41. The zero-order valence-corrected chi connectivity index (χ0v) is 23.7. The van der Waals surface area contributed by atoms with Crippen molar-refractivity contribution in [2.75, 3.05) is 26.8 Å². The second kappa shape index (κ2) is 14.2. The van der Waals surface area contributed by atoms with Crippen LogP contribution in [0.1, 0.15) is 43.7 Å². The fourth-order valence-corrected chi connectivity index (χ4v) is 4.59. The van der Waals surface area contributed by atoms with Gasteiger partial charge in [0.25, 0.3) is 27.7 Å². The standard InChI is InChI=1S/C27H27ClN4O8S/c1-17(33)40-14-13-30-27(36)24-10-5-19(16-31-24)25(34)32-41(37,38)21-7-3-18(4-8-21)11-12-29-26(35)22-15-20(39-2)6-9-23(22)28/h3-10,15-16H,11-14H2,1-2H3,(H,29,35)(H,30,36)(H,32,34). The summed E-state index contributed by atoms with van der Waals surface area (Å²) in [6.45, 7) is 1.58. The molecule has 3 aromatic rings. The molecule has 12 nitrogen and oxygen atoms in total. The summed E-state index contributed by atoms with van der Waals surface area (Å²) >= 11 is 6.09. The number of amides is 3. The SMILES string of the molecule is COc1ccc(Cl)c(C(=O)NCCc2ccc(S(=O)(=O)NC(=O)c3ccc(C(=O)NCCOC(C)=O)nc3)cc2)c1. The van der Waals surface area contributed by atoms with E-state index in [4.69, 9.17) is 21.1 Å². The number of rotatable bonds is 12. The molecule has 14 heteroatoms. The number of halogens is 1. The van der Waals surface area contributed by atoms with Crippen LogP contribution >= 0.6 is 11.6 Å². The molecule has 2 aromatic carbocycles. The van der Waals surface area contributed by atoms with Crippen molar-refractivity contribution in [1.82, 2.24) is 20.3 Å². The number of nitrogens with zero attached hydrogens (tertiary/aromatic N) is 1. The Morgan fingerprint density at radius 1 is 0.902 bits per heavy atom. The lowest BCUT2D eigenvalue weighted by Crippen LogP contribution is -2.31. The number of hydrogen-bond acceptors (Lipinski definition) is 9. The van der Waals surface area contributed by atoms with E-state index in [1.165, 1.54) is 44.4 Å². The maximum Gasteiger partial charge on any atom is 0.302 e. The second-order valence-electron chi connectivity index (χ2n) is 8.46. The molecule has 0 aliphatic carbocycles. The first kappa shape index (κ1) is 31.0. The van der Waals surface area contributed by atoms with E-state index >= 15 is 0 Å². The van der Waals surface area contributed by atoms with Gasteiger partial charge in [-0.05, 0) is 54.4 Å². The van der Waals surface area contributed by atoms with Crippen LogP contribution in [-0.2, 0) is 26.0 Å². The molecule has 0 saturated carbocycles. The van der Waals surface area contributed by atoms with Gasteiger partial charge in [-0.25, -0.2) is 13.1 Å². The van der Waals surface area contributed by atoms with E-state index in [0.29, 0.717) is 12.2 Å². The number of nitrogens with one attached hydrogen (secondary N) is 3. The molecule has 0 radical (unpaired) electrons. The van der Waals surface area contributed by atoms with E-state index in [1.54, 1.807) is 24.3 Å². The highest BCUT2D eigenvalue weighted by Crippen LogP contribution is 2.22. The minimum Gasteiger partial charge on any atom is -0.497 e. The van der Waals surface area contributed by atoms with Gasteiger partial charge in [-0.3, -0.25) is 24.2 Å². The third-order valence-electron chi connectivity index (χ3n) is 5.53. The number of pyridine rings is 1. The van der Waals surface area contributed by atoms with E-state index < -0.39 is 27.8 Å². The predicted molar refractivity (Wildman–Crippen MR) is 148 cm³/mol. The van der Waals surface area contributed by atoms with Crippen molar-refractivity contribution in [1.29, 1.82) is 0 Å². The molecule has 0 aliphatic rings. The number of aromatic nitrogens is 1. The summed E-state index contributed by atoms with van der Waals surface area (Å²) in [5.74, 6) is -1.84. The monoisotopic (exact) mass is 602 g/mol. The highest BCUT2D eigenvalue weighted by Gasteiger charge is 2.20. The lowest BCUT2D eigenvalue weighted by molar-refractivity contribution is -0.140. The number of ether oxygens (including phenoxy) is 2. The zero-order chi connectivity index (χ0) is 30.0. The summed E-state index contributed by atoms with van der Waals surface area (Å²) in [6.07, 6.45) is 1.48. The van der Waals surface area contributed by atoms with Crippen molar-refractivity contribution in [3.05, 3.63) is 88.2 Å². The third kappa shape index (κ3) is 9.01. The Kier molecular flexibility index (Phi) is 10.8. The molecule has 3 rings (SSSR count). The van der Waals surface area contributed by atoms with E-state index in [9.17, 15) is 27.6 Å². The van der Waals surface area contributed by atoms with Crippen LogP contribution in [0.15, 0.2) is 65.7 Å². The summed E-state index contributed by atoms with van der Waals surface area (Å²) in [5, 5.41) is 5.53. The molecular weight excluding hydrogens is 576 g/mol. The lowest BCUT2D eigenvalue weighted by atomic mass is 10.1. The molecule has 216 valence electrons. The molecule has 3 amide bonds. The zero-order valence-electron chi connectivity index (χ0n) is 22.1. The molecule has 0 bridgehead atoms. The van der Waals surface area contributed by atoms with Crippen molar-refractivity contribution >= 4 is 45.3 Å². The summed E-state index contributed by atoms with van der Waals surface area (Å²) in [6, 6.07) is 13.1. The smallest absolute Gasteiger partial charge is 0.302 e. The van der Waals surface area contributed by atoms with E-state index in [2.05, 4.69) is 15.6 Å². The predicted octanol–water partition coefficient (Wildman–Crippen LogP) is 2.13. The number of benzene rings is 2. The highest BCUT2D eigenvalue weighted by molar-refractivity contribution is 7.90. The summed E-state index contributed by atoms with van der Waals surface area (Å²) in [4.78, 5) is 51.5. The van der Waals surface area contributed by atoms with Gasteiger partial charge in [-0.1, -0.05) is 23.7 Å². The summed E-state index contributed by atoms with van der Waals surface area (Å²) < 4.78 is 37.2. The molecule has 0 atom stereocenters. The minimum absolute atomic E-state index is 0.00342. The van der Waals surface area contributed by atoms with Gasteiger partial charge in [-0.2, -0.15) is 0 Å². The van der Waals surface area contributed by atoms with Crippen LogP contribution in [0.3, 0.4) is 0 Å². The van der Waals surface area contributed by atoms with Crippen LogP contribution in [-0.4, -0.2) is 63.9 Å². The van der Waals surface area contributed by atoms with Crippen LogP contribution in [0.25, 0.3) is 0 Å². The van der Waals surface area contributed by atoms with Crippen LogP contribution < -0.4 is 20.1 Å². The van der Waals surface area contributed by atoms with Crippen LogP contribution in [0.4, 0.5) is 0 Å². The molecular formula is C27H27ClN4O8S. The maximum absolute atomic E-state index is 12.7. The molecule has 0 saturated heterocycles. The summed E-state index contributed by atoms with van der Waals surface area (Å²) in [5.41, 5.74) is 0.935. The molecule has 1 heterocycles. The molecule has 0 unspecified atom stereocenters. The number of carbonyl (C=O) groups is 4. The quantitative estimate of drug-likeness (QED) is 0.207. The molecule has 0 fully saturated rings. The Labute approximate surface area is 241 Å². The fraction of sp³-hybridized carbons (Fsp3) is 0.222. The van der Waals surface area contributed by atoms with Gasteiger partial charge in [0, 0.05) is 19.7 Å². The minimum atomic E-state index is -4.20. The van der Waals surface area contributed by atoms with E-state index in [-0.39, 0.29) is 52.3 Å². The van der Waals surface area contributed by atoms with Gasteiger partial charge in [-0.15, -0.1) is 0 Å². The molecule has 3 N–H and O–H groups in total. The molecule has 0 aliphatic heterocycles. The van der Waals surface area contributed by atoms with Crippen molar-refractivity contribution in [2.24, 2.45) is 0 Å². The number of carbonyl (C=O) groups excluding carboxylic acids is 4. The van der Waals surface area contributed by atoms with Crippen molar-refractivity contribution < 1.29 is 37.1 Å². The Morgan fingerprint density at radius 3 is 2.24 bits per heavy atom. The first-order chi connectivity index (χ1) is 19.5. The molecule has 0 spiro atoms. The average Bonchev–Trinajstić information content (AvgIpc) is 2.95. The first-order valence-corrected chi connectivity index (χ1v) is 14.0.